The topological polar surface area (TPSA) is 98.0 Å². The molecule has 6 rings (SSSR count). The Bertz CT molecular complexity index is 1800. The number of aromatic amines is 1. The number of ether oxygens (including phenoxy) is 1. The van der Waals surface area contributed by atoms with Gasteiger partial charge in [0.05, 0.1) is 16.7 Å². The number of carbonyl (C=O) groups is 1. The number of fused-ring (bicyclic) bond motifs is 1. The second-order valence-electron chi connectivity index (χ2n) is 12.3. The molecular weight excluding hydrogens is 564 g/mol. The Kier molecular flexibility index (Phi) is 9.26. The molecule has 1 saturated heterocycles. The van der Waals surface area contributed by atoms with Crippen LogP contribution < -0.4 is 5.69 Å². The number of piperidine rings is 1. The Hall–Kier alpha value is -4.50. The first kappa shape index (κ1) is 30.5. The van der Waals surface area contributed by atoms with E-state index >= 15 is 0 Å². The fourth-order valence-corrected chi connectivity index (χ4v) is 6.64. The summed E-state index contributed by atoms with van der Waals surface area (Å²) in [4.78, 5) is 32.7. The molecule has 3 aromatic carbocycles. The number of benzene rings is 3. The number of carbonyl (C=O) groups excluding carboxylic acids is 1. The highest BCUT2D eigenvalue weighted by Crippen LogP contribution is 2.31. The van der Waals surface area contributed by atoms with E-state index in [1.807, 2.05) is 30.3 Å². The molecule has 1 aliphatic heterocycles. The Labute approximate surface area is 263 Å². The van der Waals surface area contributed by atoms with Gasteiger partial charge in [-0.1, -0.05) is 55.5 Å². The Morgan fingerprint density at radius 1 is 1.04 bits per heavy atom. The minimum atomic E-state index is -0.244. The van der Waals surface area contributed by atoms with Gasteiger partial charge in [-0.15, -0.1) is 0 Å². The lowest BCUT2D eigenvalue weighted by Crippen LogP contribution is -2.40. The number of para-hydroxylation sites is 2. The average Bonchev–Trinajstić information content (AvgIpc) is 3.60. The number of rotatable bonds is 11. The molecule has 1 aliphatic rings. The maximum absolute atomic E-state index is 13.5. The summed E-state index contributed by atoms with van der Waals surface area (Å²) >= 11 is 0. The van der Waals surface area contributed by atoms with Crippen LogP contribution in [0.3, 0.4) is 0 Å². The van der Waals surface area contributed by atoms with Gasteiger partial charge in [0.25, 0.3) is 0 Å². The van der Waals surface area contributed by atoms with Crippen LogP contribution in [0.2, 0.25) is 0 Å². The Morgan fingerprint density at radius 3 is 2.49 bits per heavy atom. The first-order valence-electron chi connectivity index (χ1n) is 16.0. The summed E-state index contributed by atoms with van der Waals surface area (Å²) in [6.07, 6.45) is 4.35. The zero-order valence-corrected chi connectivity index (χ0v) is 26.4. The average molecular weight is 607 g/mol. The van der Waals surface area contributed by atoms with Crippen molar-refractivity contribution < 1.29 is 9.53 Å². The summed E-state index contributed by atoms with van der Waals surface area (Å²) in [5, 5.41) is 6.47. The number of hydrogen-bond acceptors (Lipinski definition) is 5. The summed E-state index contributed by atoms with van der Waals surface area (Å²) in [6.45, 7) is 7.08. The molecule has 0 bridgehead atoms. The predicted molar refractivity (Wildman–Crippen MR) is 177 cm³/mol. The van der Waals surface area contributed by atoms with E-state index in [0.717, 1.165) is 79.0 Å². The molecule has 0 aliphatic carbocycles. The lowest BCUT2D eigenvalue weighted by molar-refractivity contribution is -0.133. The molecule has 9 nitrogen and oxygen atoms in total. The molecule has 1 amide bonds. The minimum Gasteiger partial charge on any atom is -0.385 e. The third-order valence-corrected chi connectivity index (χ3v) is 8.91. The van der Waals surface area contributed by atoms with Crippen molar-refractivity contribution >= 4 is 16.9 Å². The molecule has 5 aromatic rings. The molecule has 1 fully saturated rings. The van der Waals surface area contributed by atoms with Crippen molar-refractivity contribution in [1.29, 1.82) is 0 Å². The van der Waals surface area contributed by atoms with Gasteiger partial charge in [-0.05, 0) is 79.5 Å². The largest absolute Gasteiger partial charge is 0.385 e. The fraction of sp³-hybridized carbons (Fsp3) is 0.389. The number of methoxy groups -OCH3 is 1. The fourth-order valence-electron chi connectivity index (χ4n) is 6.64. The van der Waals surface area contributed by atoms with Gasteiger partial charge in [-0.3, -0.25) is 4.79 Å². The summed E-state index contributed by atoms with van der Waals surface area (Å²) in [5.41, 5.74) is 6.12. The number of nitrogens with one attached hydrogen (secondary N) is 1. The summed E-state index contributed by atoms with van der Waals surface area (Å²) < 4.78 is 9.21. The molecule has 3 heterocycles. The zero-order valence-electron chi connectivity index (χ0n) is 26.4. The Morgan fingerprint density at radius 2 is 1.78 bits per heavy atom. The summed E-state index contributed by atoms with van der Waals surface area (Å²) in [7, 11) is 1.74. The van der Waals surface area contributed by atoms with E-state index in [1.54, 1.807) is 18.6 Å². The maximum Gasteiger partial charge on any atom is 0.347 e. The number of nitrogens with zero attached hydrogens (tertiary/aromatic N) is 5. The van der Waals surface area contributed by atoms with E-state index in [-0.39, 0.29) is 23.4 Å². The molecule has 0 spiro atoms. The Balaban J connectivity index is 1.06. The first-order valence-corrected chi connectivity index (χ1v) is 16.0. The van der Waals surface area contributed by atoms with Crippen LogP contribution in [-0.4, -0.2) is 61.9 Å². The first-order chi connectivity index (χ1) is 21.9. The van der Waals surface area contributed by atoms with Crippen LogP contribution in [0.15, 0.2) is 77.6 Å². The van der Waals surface area contributed by atoms with Crippen LogP contribution in [0, 0.1) is 12.8 Å². The monoisotopic (exact) mass is 606 g/mol. The predicted octanol–water partition coefficient (Wildman–Crippen LogP) is 5.90. The zero-order chi connectivity index (χ0) is 31.3. The van der Waals surface area contributed by atoms with Crippen LogP contribution in [0.25, 0.3) is 27.8 Å². The van der Waals surface area contributed by atoms with Crippen molar-refractivity contribution in [1.82, 2.24) is 29.2 Å². The molecule has 234 valence electrons. The summed E-state index contributed by atoms with van der Waals surface area (Å²) in [5.74, 6) is 2.42. The molecule has 2 aromatic heterocycles. The van der Waals surface area contributed by atoms with Gasteiger partial charge in [0.15, 0.2) is 0 Å². The number of aryl methyl sites for hydroxylation is 2. The molecule has 9 heteroatoms. The molecule has 45 heavy (non-hydrogen) atoms. The van der Waals surface area contributed by atoms with E-state index in [9.17, 15) is 9.59 Å². The van der Waals surface area contributed by atoms with Gasteiger partial charge in [0, 0.05) is 45.7 Å². The van der Waals surface area contributed by atoms with Crippen LogP contribution in [0.4, 0.5) is 0 Å². The van der Waals surface area contributed by atoms with Crippen LogP contribution in [0.1, 0.15) is 55.7 Å². The molecular formula is C36H42N6O3. The standard InChI is InChI=1S/C36H42N6O3/c1-25(22-27-11-13-28(14-12-27)29-15-17-31(18-16-29)42-26(2)38-39-36(42)44)23-34(43)40-19-6-8-30(24-40)35-37-32-9-4-5-10-33(32)41(35)20-7-21-45-3/h4-5,9-18,25,30H,6-8,19-24H2,1-3H3,(H,39,44)/t25-,30-/m1/s1. The van der Waals surface area contributed by atoms with Gasteiger partial charge in [0.1, 0.15) is 11.6 Å². The molecule has 0 radical (unpaired) electrons. The van der Waals surface area contributed by atoms with Gasteiger partial charge in [0.2, 0.25) is 5.91 Å². The van der Waals surface area contributed by atoms with Crippen LogP contribution in [-0.2, 0) is 22.5 Å². The normalized spacial score (nSPS) is 15.9. The third-order valence-electron chi connectivity index (χ3n) is 8.91. The van der Waals surface area contributed by atoms with E-state index in [1.165, 1.54) is 5.56 Å². The van der Waals surface area contributed by atoms with Crippen molar-refractivity contribution in [2.24, 2.45) is 5.92 Å². The van der Waals surface area contributed by atoms with Gasteiger partial charge in [-0.2, -0.15) is 5.10 Å². The van der Waals surface area contributed by atoms with E-state index < -0.39 is 0 Å². The smallest absolute Gasteiger partial charge is 0.347 e. The number of aromatic nitrogens is 5. The number of likely N-dealkylation sites (tertiary alicyclic amines) is 1. The number of H-pyrrole nitrogens is 1. The SMILES string of the molecule is COCCCn1c([C@@H]2CCCN(C(=O)C[C@H](C)Cc3ccc(-c4ccc(-n5c(C)n[nH]c5=O)cc4)cc3)C2)nc2ccccc21. The van der Waals surface area contributed by atoms with Gasteiger partial charge >= 0.3 is 5.69 Å². The molecule has 2 atom stereocenters. The second-order valence-corrected chi connectivity index (χ2v) is 12.3. The highest BCUT2D eigenvalue weighted by Gasteiger charge is 2.29. The van der Waals surface area contributed by atoms with Gasteiger partial charge < -0.3 is 14.2 Å². The number of hydrogen-bond donors (Lipinski definition) is 1. The maximum atomic E-state index is 13.5. The van der Waals surface area contributed by atoms with Crippen molar-refractivity contribution in [2.45, 2.75) is 58.4 Å². The molecule has 0 unspecified atom stereocenters. The third kappa shape index (κ3) is 6.78. The van der Waals surface area contributed by atoms with E-state index in [0.29, 0.717) is 18.9 Å². The van der Waals surface area contributed by atoms with Crippen molar-refractivity contribution in [3.8, 4) is 16.8 Å². The second kappa shape index (κ2) is 13.6. The van der Waals surface area contributed by atoms with Crippen LogP contribution in [0.5, 0.6) is 0 Å². The van der Waals surface area contributed by atoms with Gasteiger partial charge in [-0.25, -0.2) is 19.4 Å². The van der Waals surface area contributed by atoms with Crippen LogP contribution >= 0.6 is 0 Å². The summed E-state index contributed by atoms with van der Waals surface area (Å²) in [6, 6.07) is 24.8. The van der Waals surface area contributed by atoms with Crippen molar-refractivity contribution in [2.75, 3.05) is 26.8 Å². The lowest BCUT2D eigenvalue weighted by Gasteiger charge is -2.33. The van der Waals surface area contributed by atoms with Crippen molar-refractivity contribution in [3.63, 3.8) is 0 Å². The van der Waals surface area contributed by atoms with Crippen molar-refractivity contribution in [3.05, 3.63) is 100 Å². The highest BCUT2D eigenvalue weighted by molar-refractivity contribution is 5.77. The minimum absolute atomic E-state index is 0.234. The number of imidazole rings is 1. The van der Waals surface area contributed by atoms with E-state index in [4.69, 9.17) is 9.72 Å². The van der Waals surface area contributed by atoms with E-state index in [2.05, 4.69) is 69.1 Å². The molecule has 1 N–H and O–H groups in total. The highest BCUT2D eigenvalue weighted by atomic mass is 16.5. The quantitative estimate of drug-likeness (QED) is 0.189. The number of amides is 1. The lowest BCUT2D eigenvalue weighted by atomic mass is 9.93. The molecule has 0 saturated carbocycles.